The molecule has 31 heavy (non-hydrogen) atoms. The van der Waals surface area contributed by atoms with Crippen molar-refractivity contribution in [2.45, 2.75) is 6.54 Å². The molecule has 158 valence electrons. The van der Waals surface area contributed by atoms with Gasteiger partial charge in [0.25, 0.3) is 17.5 Å². The number of amides is 2. The Morgan fingerprint density at radius 2 is 1.74 bits per heavy atom. The van der Waals surface area contributed by atoms with Gasteiger partial charge in [-0.3, -0.25) is 19.7 Å². The molecule has 0 saturated heterocycles. The lowest BCUT2D eigenvalue weighted by atomic mass is 10.1. The number of nitrogens with zero attached hydrogens (tertiary/aromatic N) is 2. The van der Waals surface area contributed by atoms with Crippen molar-refractivity contribution in [1.29, 1.82) is 0 Å². The molecule has 7 nitrogen and oxygen atoms in total. The fraction of sp³-hybridized carbons (Fsp3) is 0.0909. The molecule has 0 aromatic heterocycles. The summed E-state index contributed by atoms with van der Waals surface area (Å²) in [5, 5.41) is 13.4. The maximum Gasteiger partial charge on any atom is 0.270 e. The molecule has 0 aliphatic carbocycles. The first-order chi connectivity index (χ1) is 14.8. The Balaban J connectivity index is 1.79. The van der Waals surface area contributed by atoms with Crippen LogP contribution in [0.25, 0.3) is 0 Å². The van der Waals surface area contributed by atoms with Crippen LogP contribution in [0.2, 0.25) is 5.02 Å². The Labute approximate surface area is 182 Å². The normalized spacial score (nSPS) is 10.4. The fourth-order valence-corrected chi connectivity index (χ4v) is 3.17. The van der Waals surface area contributed by atoms with Gasteiger partial charge in [-0.25, -0.2) is 4.39 Å². The number of carbonyl (C=O) groups excluding carboxylic acids is 2. The number of non-ortho nitro benzene ring substituents is 1. The molecule has 3 aromatic rings. The highest BCUT2D eigenvalue weighted by Crippen LogP contribution is 2.25. The Bertz CT molecular complexity index is 1150. The molecule has 0 bridgehead atoms. The average Bonchev–Trinajstić information content (AvgIpc) is 2.75. The first-order valence-corrected chi connectivity index (χ1v) is 9.48. The Hall–Kier alpha value is -3.78. The van der Waals surface area contributed by atoms with Crippen LogP contribution >= 0.6 is 11.6 Å². The number of hydrogen-bond acceptors (Lipinski definition) is 4. The second kappa shape index (κ2) is 9.36. The summed E-state index contributed by atoms with van der Waals surface area (Å²) in [5.74, 6) is -1.33. The standard InChI is InChI=1S/C22H17ClFN3O4/c1-26(13-14-6-8-15(24)9-7-14)22(29)18-4-2-3-5-20(18)25-21(28)17-11-10-16(27(30)31)12-19(17)23/h2-12H,13H2,1H3,(H,25,28). The van der Waals surface area contributed by atoms with Crippen LogP contribution in [0.5, 0.6) is 0 Å². The van der Waals surface area contributed by atoms with E-state index in [2.05, 4.69) is 5.32 Å². The lowest BCUT2D eigenvalue weighted by Crippen LogP contribution is -2.27. The highest BCUT2D eigenvalue weighted by Gasteiger charge is 2.20. The van der Waals surface area contributed by atoms with E-state index in [0.29, 0.717) is 0 Å². The zero-order valence-corrected chi connectivity index (χ0v) is 17.1. The van der Waals surface area contributed by atoms with Crippen LogP contribution in [0.15, 0.2) is 66.7 Å². The van der Waals surface area contributed by atoms with Crippen molar-refractivity contribution in [2.24, 2.45) is 0 Å². The summed E-state index contributed by atoms with van der Waals surface area (Å²) in [6.07, 6.45) is 0. The van der Waals surface area contributed by atoms with Crippen LogP contribution < -0.4 is 5.32 Å². The van der Waals surface area contributed by atoms with Crippen molar-refractivity contribution in [1.82, 2.24) is 4.90 Å². The van der Waals surface area contributed by atoms with Gasteiger partial charge in [-0.1, -0.05) is 35.9 Å². The molecule has 0 saturated carbocycles. The molecule has 1 N–H and O–H groups in total. The minimum absolute atomic E-state index is 0.0363. The van der Waals surface area contributed by atoms with Gasteiger partial charge in [0.15, 0.2) is 0 Å². The molecule has 0 heterocycles. The number of para-hydroxylation sites is 1. The van der Waals surface area contributed by atoms with E-state index in [1.807, 2.05) is 0 Å². The molecular formula is C22H17ClFN3O4. The van der Waals surface area contributed by atoms with Gasteiger partial charge in [0.1, 0.15) is 5.82 Å². The van der Waals surface area contributed by atoms with Crippen molar-refractivity contribution in [3.05, 3.63) is 104 Å². The number of halogens is 2. The maximum absolute atomic E-state index is 13.1. The third kappa shape index (κ3) is 5.23. The molecule has 3 rings (SSSR count). The van der Waals surface area contributed by atoms with Crippen LogP contribution in [0, 0.1) is 15.9 Å². The van der Waals surface area contributed by atoms with Crippen molar-refractivity contribution < 1.29 is 18.9 Å². The zero-order chi connectivity index (χ0) is 22.5. The molecule has 0 aliphatic heterocycles. The summed E-state index contributed by atoms with van der Waals surface area (Å²) in [5.41, 5.74) is 1.06. The number of rotatable bonds is 6. The highest BCUT2D eigenvalue weighted by molar-refractivity contribution is 6.34. The highest BCUT2D eigenvalue weighted by atomic mass is 35.5. The van der Waals surface area contributed by atoms with Gasteiger partial charge in [-0.2, -0.15) is 0 Å². The third-order valence-electron chi connectivity index (χ3n) is 4.49. The number of anilines is 1. The second-order valence-electron chi connectivity index (χ2n) is 6.71. The van der Waals surface area contributed by atoms with Crippen molar-refractivity contribution >= 4 is 34.8 Å². The molecule has 0 unspecified atom stereocenters. The van der Waals surface area contributed by atoms with E-state index in [9.17, 15) is 24.1 Å². The summed E-state index contributed by atoms with van der Waals surface area (Å²) >= 11 is 6.02. The van der Waals surface area contributed by atoms with Crippen LogP contribution in [0.3, 0.4) is 0 Å². The molecule has 0 aliphatic rings. The number of hydrogen-bond donors (Lipinski definition) is 1. The van der Waals surface area contributed by atoms with E-state index in [0.717, 1.165) is 11.6 Å². The van der Waals surface area contributed by atoms with Crippen LogP contribution in [0.4, 0.5) is 15.8 Å². The fourth-order valence-electron chi connectivity index (χ4n) is 2.91. The molecule has 3 aromatic carbocycles. The number of nitro groups is 1. The van der Waals surface area contributed by atoms with Gasteiger partial charge < -0.3 is 10.2 Å². The Morgan fingerprint density at radius 3 is 2.39 bits per heavy atom. The van der Waals surface area contributed by atoms with Crippen molar-refractivity contribution in [2.75, 3.05) is 12.4 Å². The van der Waals surface area contributed by atoms with E-state index in [-0.39, 0.29) is 45.8 Å². The van der Waals surface area contributed by atoms with Gasteiger partial charge in [-0.15, -0.1) is 0 Å². The Kier molecular flexibility index (Phi) is 6.61. The molecule has 0 atom stereocenters. The summed E-state index contributed by atoms with van der Waals surface area (Å²) < 4.78 is 13.1. The van der Waals surface area contributed by atoms with E-state index in [4.69, 9.17) is 11.6 Å². The minimum atomic E-state index is -0.613. The smallest absolute Gasteiger partial charge is 0.270 e. The monoisotopic (exact) mass is 441 g/mol. The van der Waals surface area contributed by atoms with E-state index >= 15 is 0 Å². The topological polar surface area (TPSA) is 92.6 Å². The van der Waals surface area contributed by atoms with Gasteiger partial charge >= 0.3 is 0 Å². The first-order valence-electron chi connectivity index (χ1n) is 9.10. The largest absolute Gasteiger partial charge is 0.337 e. The van der Waals surface area contributed by atoms with Crippen molar-refractivity contribution in [3.63, 3.8) is 0 Å². The minimum Gasteiger partial charge on any atom is -0.337 e. The first kappa shape index (κ1) is 21.9. The van der Waals surface area contributed by atoms with Crippen LogP contribution in [0.1, 0.15) is 26.3 Å². The summed E-state index contributed by atoms with van der Waals surface area (Å²) in [6.45, 7) is 0.246. The van der Waals surface area contributed by atoms with Gasteiger partial charge in [0.2, 0.25) is 0 Å². The number of nitrogens with one attached hydrogen (secondary N) is 1. The number of benzene rings is 3. The van der Waals surface area contributed by atoms with E-state index in [1.54, 1.807) is 43.4 Å². The maximum atomic E-state index is 13.1. The zero-order valence-electron chi connectivity index (χ0n) is 16.3. The quantitative estimate of drug-likeness (QED) is 0.434. The molecule has 0 radical (unpaired) electrons. The van der Waals surface area contributed by atoms with Crippen LogP contribution in [-0.2, 0) is 6.54 Å². The predicted octanol–water partition coefficient (Wildman–Crippen LogP) is 4.91. The molecule has 9 heteroatoms. The van der Waals surface area contributed by atoms with E-state index < -0.39 is 10.8 Å². The lowest BCUT2D eigenvalue weighted by Gasteiger charge is -2.19. The van der Waals surface area contributed by atoms with E-state index in [1.165, 1.54) is 29.2 Å². The molecular weight excluding hydrogens is 425 g/mol. The molecule has 0 fully saturated rings. The van der Waals surface area contributed by atoms with Gasteiger partial charge in [0, 0.05) is 25.7 Å². The number of nitro benzene ring substituents is 1. The number of carbonyl (C=O) groups is 2. The summed E-state index contributed by atoms with van der Waals surface area (Å²) in [7, 11) is 1.59. The lowest BCUT2D eigenvalue weighted by molar-refractivity contribution is -0.384. The van der Waals surface area contributed by atoms with Crippen molar-refractivity contribution in [3.8, 4) is 0 Å². The molecule has 0 spiro atoms. The summed E-state index contributed by atoms with van der Waals surface area (Å²) in [4.78, 5) is 37.3. The third-order valence-corrected chi connectivity index (χ3v) is 4.81. The van der Waals surface area contributed by atoms with Gasteiger partial charge in [-0.05, 0) is 35.9 Å². The second-order valence-corrected chi connectivity index (χ2v) is 7.12. The summed E-state index contributed by atoms with van der Waals surface area (Å²) in [6, 6.07) is 15.8. The molecule has 2 amide bonds. The SMILES string of the molecule is CN(Cc1ccc(F)cc1)C(=O)c1ccccc1NC(=O)c1ccc([N+](=O)[O-])cc1Cl. The van der Waals surface area contributed by atoms with Crippen LogP contribution in [-0.4, -0.2) is 28.7 Å². The Morgan fingerprint density at radius 1 is 1.06 bits per heavy atom. The van der Waals surface area contributed by atoms with Gasteiger partial charge in [0.05, 0.1) is 26.8 Å². The predicted molar refractivity (Wildman–Crippen MR) is 115 cm³/mol. The average molecular weight is 442 g/mol.